The van der Waals surface area contributed by atoms with Crippen molar-refractivity contribution in [1.29, 1.82) is 0 Å². The third kappa shape index (κ3) is 4.98. The van der Waals surface area contributed by atoms with Crippen molar-refractivity contribution in [1.82, 2.24) is 5.32 Å². The predicted octanol–water partition coefficient (Wildman–Crippen LogP) is 1.82. The van der Waals surface area contributed by atoms with Crippen LogP contribution in [0.3, 0.4) is 0 Å². The van der Waals surface area contributed by atoms with Gasteiger partial charge in [-0.2, -0.15) is 13.9 Å². The molecule has 1 aromatic rings. The predicted molar refractivity (Wildman–Crippen MR) is 79.8 cm³/mol. The molecule has 1 atom stereocenters. The molecule has 1 heterocycles. The maximum atomic E-state index is 13.6. The second kappa shape index (κ2) is 7.81. The Labute approximate surface area is 137 Å². The van der Waals surface area contributed by atoms with E-state index in [1.54, 1.807) is 0 Å². The number of amidine groups is 1. The van der Waals surface area contributed by atoms with E-state index in [1.807, 2.05) is 0 Å². The van der Waals surface area contributed by atoms with Gasteiger partial charge in [0.25, 0.3) is 0 Å². The molecular weight excluding hydrogens is 351 g/mol. The lowest BCUT2D eigenvalue weighted by Gasteiger charge is -2.05. The average molecular weight is 361 g/mol. The Morgan fingerprint density at radius 1 is 1.50 bits per heavy atom. The van der Waals surface area contributed by atoms with Crippen LogP contribution in [0, 0.1) is 5.82 Å². The van der Waals surface area contributed by atoms with E-state index in [0.29, 0.717) is 0 Å². The van der Waals surface area contributed by atoms with Gasteiger partial charge in [-0.15, -0.1) is 5.10 Å². The summed E-state index contributed by atoms with van der Waals surface area (Å²) in [5.41, 5.74) is -0.145. The topological polar surface area (TPSA) is 100 Å². The molecule has 24 heavy (non-hydrogen) atoms. The lowest BCUT2D eigenvalue weighted by Crippen LogP contribution is -2.26. The Morgan fingerprint density at radius 3 is 2.92 bits per heavy atom. The lowest BCUT2D eigenvalue weighted by atomic mass is 10.2. The number of hydrogen-bond acceptors (Lipinski definition) is 6. The number of carbonyl (C=O) groups is 2. The van der Waals surface area contributed by atoms with Crippen LogP contribution in [0.5, 0.6) is 5.75 Å². The molecule has 1 aliphatic heterocycles. The highest BCUT2D eigenvalue weighted by atomic mass is 32.2. The van der Waals surface area contributed by atoms with Gasteiger partial charge in [0.05, 0.1) is 12.6 Å². The quantitative estimate of drug-likeness (QED) is 0.595. The molecule has 11 heteroatoms. The largest absolute Gasteiger partial charge is 0.481 e. The normalized spacial score (nSPS) is 19.2. The number of rotatable bonds is 6. The van der Waals surface area contributed by atoms with Crippen molar-refractivity contribution < 1.29 is 32.6 Å². The highest BCUT2D eigenvalue weighted by Gasteiger charge is 2.32. The first kappa shape index (κ1) is 17.8. The van der Waals surface area contributed by atoms with Crippen molar-refractivity contribution in [3.05, 3.63) is 29.6 Å². The number of carbonyl (C=O) groups excluding carboxylic acids is 1. The highest BCUT2D eigenvalue weighted by molar-refractivity contribution is 8.15. The first-order valence-corrected chi connectivity index (χ1v) is 7.28. The summed E-state index contributed by atoms with van der Waals surface area (Å²) in [6, 6.07) is 2.98. The molecule has 2 rings (SSSR count). The summed E-state index contributed by atoms with van der Waals surface area (Å²) in [5, 5.41) is 17.4. The van der Waals surface area contributed by atoms with Crippen molar-refractivity contribution in [2.45, 2.75) is 18.3 Å². The molecule has 1 unspecified atom stereocenters. The molecule has 0 radical (unpaired) electrons. The molecular formula is C13H10F3N3O4S. The van der Waals surface area contributed by atoms with Gasteiger partial charge in [-0.3, -0.25) is 9.59 Å². The van der Waals surface area contributed by atoms with Gasteiger partial charge in [-0.25, -0.2) is 4.39 Å². The van der Waals surface area contributed by atoms with Crippen molar-refractivity contribution in [2.75, 3.05) is 0 Å². The summed E-state index contributed by atoms with van der Waals surface area (Å²) in [4.78, 5) is 22.1. The third-order valence-corrected chi connectivity index (χ3v) is 3.75. The summed E-state index contributed by atoms with van der Waals surface area (Å²) in [6.07, 6.45) is 0.582. The summed E-state index contributed by atoms with van der Waals surface area (Å²) >= 11 is 0.875. The fourth-order valence-corrected chi connectivity index (χ4v) is 2.60. The van der Waals surface area contributed by atoms with Crippen LogP contribution in [0.15, 0.2) is 28.4 Å². The Kier molecular flexibility index (Phi) is 5.79. The number of thioether (sulfide) groups is 1. The second-order valence-corrected chi connectivity index (χ2v) is 5.60. The molecule has 0 saturated carbocycles. The summed E-state index contributed by atoms with van der Waals surface area (Å²) in [5.74, 6) is -2.63. The number of alkyl halides is 2. The maximum absolute atomic E-state index is 13.6. The number of amides is 1. The Balaban J connectivity index is 2.06. The molecule has 0 spiro atoms. The zero-order valence-electron chi connectivity index (χ0n) is 11.8. The average Bonchev–Trinajstić information content (AvgIpc) is 2.81. The standard InChI is InChI=1S/C13H10F3N3O4S/c14-8-2-1-7(23-12(15)16)3-6(8)5-17-19-13-18-11(22)9(24-13)4-10(20)21/h1-3,5,9,12H,4H2,(H,20,21)(H,18,19,22). The number of carboxylic acids is 1. The van der Waals surface area contributed by atoms with Gasteiger partial charge in [0.15, 0.2) is 5.17 Å². The van der Waals surface area contributed by atoms with Crippen molar-refractivity contribution in [3.8, 4) is 5.75 Å². The number of benzene rings is 1. The van der Waals surface area contributed by atoms with Crippen LogP contribution >= 0.6 is 11.8 Å². The Bertz CT molecular complexity index is 712. The van der Waals surface area contributed by atoms with E-state index >= 15 is 0 Å². The second-order valence-electron chi connectivity index (χ2n) is 4.41. The van der Waals surface area contributed by atoms with Crippen LogP contribution in [0.1, 0.15) is 12.0 Å². The van der Waals surface area contributed by atoms with E-state index in [1.165, 1.54) is 0 Å². The monoisotopic (exact) mass is 361 g/mol. The SMILES string of the molecule is O=C(O)CC1SC(=NN=Cc2cc(OC(F)F)ccc2F)NC1=O. The van der Waals surface area contributed by atoms with Gasteiger partial charge in [0.1, 0.15) is 16.8 Å². The molecule has 0 aromatic heterocycles. The zero-order chi connectivity index (χ0) is 17.7. The molecule has 1 saturated heterocycles. The minimum atomic E-state index is -3.04. The molecule has 0 bridgehead atoms. The number of carboxylic acid groups (broad SMARTS) is 1. The molecule has 1 fully saturated rings. The molecule has 1 aromatic carbocycles. The Hall–Kier alpha value is -2.56. The minimum Gasteiger partial charge on any atom is -0.481 e. The van der Waals surface area contributed by atoms with E-state index in [-0.39, 0.29) is 22.9 Å². The first-order chi connectivity index (χ1) is 11.3. The molecule has 2 N–H and O–H groups in total. The molecule has 1 aliphatic rings. The van der Waals surface area contributed by atoms with Gasteiger partial charge in [-0.05, 0) is 18.2 Å². The number of hydrogen-bond donors (Lipinski definition) is 2. The van der Waals surface area contributed by atoms with E-state index in [2.05, 4.69) is 20.3 Å². The molecule has 7 nitrogen and oxygen atoms in total. The minimum absolute atomic E-state index is 0.0582. The first-order valence-electron chi connectivity index (χ1n) is 6.40. The number of aliphatic carboxylic acids is 1. The number of halogens is 3. The van der Waals surface area contributed by atoms with E-state index in [0.717, 1.165) is 36.2 Å². The van der Waals surface area contributed by atoms with Crippen LogP contribution in [0.25, 0.3) is 0 Å². The van der Waals surface area contributed by atoms with Crippen molar-refractivity contribution in [2.24, 2.45) is 10.2 Å². The smallest absolute Gasteiger partial charge is 0.387 e. The van der Waals surface area contributed by atoms with Crippen LogP contribution < -0.4 is 10.1 Å². The van der Waals surface area contributed by atoms with Gasteiger partial charge >= 0.3 is 12.6 Å². The number of nitrogens with one attached hydrogen (secondary N) is 1. The Morgan fingerprint density at radius 2 is 2.25 bits per heavy atom. The maximum Gasteiger partial charge on any atom is 0.387 e. The van der Waals surface area contributed by atoms with E-state index in [4.69, 9.17) is 5.11 Å². The van der Waals surface area contributed by atoms with Gasteiger partial charge < -0.3 is 15.2 Å². The van der Waals surface area contributed by atoms with Crippen LogP contribution in [-0.2, 0) is 9.59 Å². The van der Waals surface area contributed by atoms with E-state index in [9.17, 15) is 22.8 Å². The number of nitrogens with zero attached hydrogens (tertiary/aromatic N) is 2. The molecule has 128 valence electrons. The van der Waals surface area contributed by atoms with Crippen LogP contribution in [0.2, 0.25) is 0 Å². The van der Waals surface area contributed by atoms with Gasteiger partial charge in [0, 0.05) is 5.56 Å². The fraction of sp³-hybridized carbons (Fsp3) is 0.231. The summed E-state index contributed by atoms with van der Waals surface area (Å²) in [6.45, 7) is -3.04. The van der Waals surface area contributed by atoms with Crippen LogP contribution in [-0.4, -0.2) is 40.2 Å². The highest BCUT2D eigenvalue weighted by Crippen LogP contribution is 2.22. The van der Waals surface area contributed by atoms with Gasteiger partial charge in [0.2, 0.25) is 5.91 Å². The zero-order valence-corrected chi connectivity index (χ0v) is 12.6. The summed E-state index contributed by atoms with van der Waals surface area (Å²) < 4.78 is 41.9. The third-order valence-electron chi connectivity index (χ3n) is 2.67. The molecule has 0 aliphatic carbocycles. The van der Waals surface area contributed by atoms with Crippen LogP contribution in [0.4, 0.5) is 13.2 Å². The fourth-order valence-electron chi connectivity index (χ4n) is 1.69. The van der Waals surface area contributed by atoms with E-state index < -0.39 is 29.6 Å². The van der Waals surface area contributed by atoms with Crippen molar-refractivity contribution >= 4 is 35.0 Å². The number of ether oxygens (including phenoxy) is 1. The lowest BCUT2D eigenvalue weighted by molar-refractivity contribution is -0.138. The molecule has 1 amide bonds. The van der Waals surface area contributed by atoms with Crippen molar-refractivity contribution in [3.63, 3.8) is 0 Å². The van der Waals surface area contributed by atoms with Gasteiger partial charge in [-0.1, -0.05) is 11.8 Å². The summed E-state index contributed by atoms with van der Waals surface area (Å²) in [7, 11) is 0.